The number of halogens is 3. The first-order valence-corrected chi connectivity index (χ1v) is 12.3. The summed E-state index contributed by atoms with van der Waals surface area (Å²) in [4.78, 5) is 16.1. The van der Waals surface area contributed by atoms with Gasteiger partial charge in [-0.05, 0) is 54.6 Å². The van der Waals surface area contributed by atoms with Crippen LogP contribution in [0, 0.1) is 5.41 Å². The second-order valence-electron chi connectivity index (χ2n) is 7.68. The van der Waals surface area contributed by atoms with Crippen LogP contribution in [0.5, 0.6) is 17.2 Å². The van der Waals surface area contributed by atoms with Gasteiger partial charge in [0.25, 0.3) is 5.91 Å². The van der Waals surface area contributed by atoms with Gasteiger partial charge in [-0.2, -0.15) is 28.3 Å². The number of hydrazone groups is 1. The molecule has 0 spiro atoms. The summed E-state index contributed by atoms with van der Waals surface area (Å²) in [5, 5.41) is 10.8. The van der Waals surface area contributed by atoms with E-state index >= 15 is 0 Å². The van der Waals surface area contributed by atoms with Crippen molar-refractivity contribution in [1.82, 2.24) is 5.01 Å². The second kappa shape index (κ2) is 12.1. The highest BCUT2D eigenvalue weighted by Crippen LogP contribution is 2.36. The molecule has 0 fully saturated rings. The maximum absolute atomic E-state index is 13.0. The van der Waals surface area contributed by atoms with Crippen LogP contribution in [0.15, 0.2) is 64.2 Å². The van der Waals surface area contributed by atoms with E-state index in [1.54, 1.807) is 25.1 Å². The van der Waals surface area contributed by atoms with Crippen molar-refractivity contribution in [2.45, 2.75) is 13.1 Å². The van der Waals surface area contributed by atoms with Crippen molar-refractivity contribution in [2.75, 3.05) is 33.0 Å². The number of amidine groups is 2. The topological polar surface area (TPSA) is 106 Å². The Labute approximate surface area is 220 Å². The molecule has 0 bridgehead atoms. The standard InChI is InChI=1S/C25H23F3N4O5S/c1-2-35-20-15-16(8-9-19(20)37-13-11-34-10-12-36-17-6-4-3-5-7-17)14-18-21(29)32-24(30-22(18)33)38-23(31-32)25(26,27)28/h3-9,14-15,29H,2,10-13H2,1H3. The van der Waals surface area contributed by atoms with Crippen molar-refractivity contribution in [3.63, 3.8) is 0 Å². The summed E-state index contributed by atoms with van der Waals surface area (Å²) in [6.07, 6.45) is -3.36. The Bertz CT molecular complexity index is 1280. The number of thioether (sulfide) groups is 1. The summed E-state index contributed by atoms with van der Waals surface area (Å²) in [5.41, 5.74) is 0.262. The quantitative estimate of drug-likeness (QED) is 0.319. The van der Waals surface area contributed by atoms with Crippen molar-refractivity contribution < 1.29 is 36.9 Å². The van der Waals surface area contributed by atoms with Crippen LogP contribution in [0.2, 0.25) is 0 Å². The van der Waals surface area contributed by atoms with Crippen LogP contribution in [0.3, 0.4) is 0 Å². The minimum atomic E-state index is -4.71. The Morgan fingerprint density at radius 2 is 1.74 bits per heavy atom. The second-order valence-corrected chi connectivity index (χ2v) is 8.64. The van der Waals surface area contributed by atoms with Crippen molar-refractivity contribution >= 4 is 39.8 Å². The van der Waals surface area contributed by atoms with Crippen LogP contribution in [-0.4, -0.2) is 66.2 Å². The Balaban J connectivity index is 1.36. The molecule has 2 aliphatic rings. The SMILES string of the molecule is CCOc1cc(C=C2C(=N)N3N=C(C(F)(F)F)SC3=NC2=O)ccc1OCCOCCOc1ccccc1. The smallest absolute Gasteiger partial charge is 0.441 e. The lowest BCUT2D eigenvalue weighted by Crippen LogP contribution is -2.35. The average molecular weight is 549 g/mol. The maximum Gasteiger partial charge on any atom is 0.441 e. The van der Waals surface area contributed by atoms with Gasteiger partial charge in [-0.25, -0.2) is 0 Å². The van der Waals surface area contributed by atoms with Gasteiger partial charge in [0.05, 0.1) is 25.4 Å². The molecule has 2 aromatic rings. The molecule has 2 aliphatic heterocycles. The minimum absolute atomic E-state index is 0.199. The zero-order valence-corrected chi connectivity index (χ0v) is 21.0. The van der Waals surface area contributed by atoms with Crippen LogP contribution in [0.25, 0.3) is 6.08 Å². The number of rotatable bonds is 11. The predicted molar refractivity (Wildman–Crippen MR) is 137 cm³/mol. The first-order chi connectivity index (χ1) is 18.3. The minimum Gasteiger partial charge on any atom is -0.491 e. The Morgan fingerprint density at radius 3 is 2.45 bits per heavy atom. The number of carbonyl (C=O) groups excluding carboxylic acids is 1. The van der Waals surface area contributed by atoms with Crippen molar-refractivity contribution in [2.24, 2.45) is 10.1 Å². The summed E-state index contributed by atoms with van der Waals surface area (Å²) in [6, 6.07) is 14.3. The fourth-order valence-electron chi connectivity index (χ4n) is 3.32. The molecule has 0 saturated carbocycles. The number of amides is 1. The maximum atomic E-state index is 13.0. The van der Waals surface area contributed by atoms with Gasteiger partial charge in [-0.3, -0.25) is 10.2 Å². The number of hydrogen-bond acceptors (Lipinski definition) is 8. The summed E-state index contributed by atoms with van der Waals surface area (Å²) in [5.74, 6) is 0.262. The van der Waals surface area contributed by atoms with Crippen molar-refractivity contribution in [3.05, 3.63) is 59.7 Å². The number of alkyl halides is 3. The van der Waals surface area contributed by atoms with E-state index < -0.39 is 23.0 Å². The molecule has 38 heavy (non-hydrogen) atoms. The van der Waals surface area contributed by atoms with Crippen molar-refractivity contribution in [3.8, 4) is 17.2 Å². The summed E-state index contributed by atoms with van der Waals surface area (Å²) >= 11 is 0.199. The molecule has 0 atom stereocenters. The molecule has 2 heterocycles. The van der Waals surface area contributed by atoms with E-state index in [1.165, 1.54) is 6.08 Å². The fourth-order valence-corrected chi connectivity index (χ4v) is 4.08. The fraction of sp³-hybridized carbons (Fsp3) is 0.280. The molecule has 1 N–H and O–H groups in total. The van der Waals surface area contributed by atoms with Crippen LogP contribution < -0.4 is 14.2 Å². The molecule has 200 valence electrons. The normalized spacial score (nSPS) is 16.3. The van der Waals surface area contributed by atoms with Crippen LogP contribution in [0.4, 0.5) is 13.2 Å². The Kier molecular flexibility index (Phi) is 8.69. The lowest BCUT2D eigenvalue weighted by atomic mass is 10.1. The van der Waals surface area contributed by atoms with Gasteiger partial charge in [-0.1, -0.05) is 24.3 Å². The number of fused-ring (bicyclic) bond motifs is 1. The van der Waals surface area contributed by atoms with Crippen LogP contribution >= 0.6 is 11.8 Å². The monoisotopic (exact) mass is 548 g/mol. The highest BCUT2D eigenvalue weighted by atomic mass is 32.2. The third-order valence-electron chi connectivity index (χ3n) is 5.00. The summed E-state index contributed by atoms with van der Waals surface area (Å²) in [7, 11) is 0. The van der Waals surface area contributed by atoms with Crippen LogP contribution in [-0.2, 0) is 9.53 Å². The molecule has 0 unspecified atom stereocenters. The van der Waals surface area contributed by atoms with Crippen LogP contribution in [0.1, 0.15) is 12.5 Å². The molecule has 4 rings (SSSR count). The van der Waals surface area contributed by atoms with Crippen molar-refractivity contribution in [1.29, 1.82) is 5.41 Å². The Hall–Kier alpha value is -3.84. The Morgan fingerprint density at radius 1 is 1.00 bits per heavy atom. The number of para-hydroxylation sites is 1. The van der Waals surface area contributed by atoms with E-state index in [1.807, 2.05) is 30.3 Å². The zero-order chi connectivity index (χ0) is 27.1. The lowest BCUT2D eigenvalue weighted by molar-refractivity contribution is -0.114. The highest BCUT2D eigenvalue weighted by Gasteiger charge is 2.46. The number of carbonyl (C=O) groups is 1. The zero-order valence-electron chi connectivity index (χ0n) is 20.2. The van der Waals surface area contributed by atoms with Gasteiger partial charge >= 0.3 is 6.18 Å². The molecule has 0 aliphatic carbocycles. The van der Waals surface area contributed by atoms with E-state index in [4.69, 9.17) is 24.4 Å². The van der Waals surface area contributed by atoms with E-state index in [9.17, 15) is 18.0 Å². The molecule has 1 amide bonds. The molecular weight excluding hydrogens is 525 g/mol. The van der Waals surface area contributed by atoms with E-state index in [-0.39, 0.29) is 29.1 Å². The molecule has 13 heteroatoms. The lowest BCUT2D eigenvalue weighted by Gasteiger charge is -2.20. The van der Waals surface area contributed by atoms with E-state index in [2.05, 4.69) is 10.1 Å². The number of nitrogens with one attached hydrogen (secondary N) is 1. The highest BCUT2D eigenvalue weighted by molar-refractivity contribution is 8.27. The van der Waals surface area contributed by atoms with Gasteiger partial charge in [0.15, 0.2) is 17.3 Å². The first kappa shape index (κ1) is 27.2. The summed E-state index contributed by atoms with van der Waals surface area (Å²) in [6.45, 7) is 3.48. The third kappa shape index (κ3) is 6.72. The van der Waals surface area contributed by atoms with Gasteiger partial charge in [0, 0.05) is 0 Å². The molecule has 0 radical (unpaired) electrons. The number of nitrogens with zero attached hydrogens (tertiary/aromatic N) is 3. The third-order valence-corrected chi connectivity index (χ3v) is 5.95. The number of benzene rings is 2. The molecule has 0 aromatic heterocycles. The average Bonchev–Trinajstić information content (AvgIpc) is 3.33. The molecule has 0 saturated heterocycles. The predicted octanol–water partition coefficient (Wildman–Crippen LogP) is 4.74. The summed E-state index contributed by atoms with van der Waals surface area (Å²) < 4.78 is 61.5. The van der Waals surface area contributed by atoms with Gasteiger partial charge < -0.3 is 18.9 Å². The number of hydrogen-bond donors (Lipinski definition) is 1. The van der Waals surface area contributed by atoms with Gasteiger partial charge in [0.2, 0.25) is 10.2 Å². The molecular formula is C25H23F3N4O5S. The number of aliphatic imine (C=N–C) groups is 1. The van der Waals surface area contributed by atoms with E-state index in [0.29, 0.717) is 48.5 Å². The van der Waals surface area contributed by atoms with E-state index in [0.717, 1.165) is 5.75 Å². The first-order valence-electron chi connectivity index (χ1n) is 11.5. The largest absolute Gasteiger partial charge is 0.491 e. The molecule has 2 aromatic carbocycles. The van der Waals surface area contributed by atoms with Gasteiger partial charge in [0.1, 0.15) is 19.0 Å². The van der Waals surface area contributed by atoms with Gasteiger partial charge in [-0.15, -0.1) is 0 Å². The number of ether oxygens (including phenoxy) is 4. The molecule has 9 nitrogen and oxygen atoms in total.